The van der Waals surface area contributed by atoms with Crippen molar-refractivity contribution in [1.29, 1.82) is 0 Å². The second-order valence-electron chi connectivity index (χ2n) is 8.50. The van der Waals surface area contributed by atoms with Gasteiger partial charge in [0.1, 0.15) is 0 Å². The molecule has 0 saturated carbocycles. The Morgan fingerprint density at radius 1 is 0.658 bits per heavy atom. The smallest absolute Gasteiger partial charge is 0.262 e. The number of carbonyl (C=O) groups excluding carboxylic acids is 1. The molecule has 0 aliphatic heterocycles. The molecule has 0 atom stereocenters. The van der Waals surface area contributed by atoms with Gasteiger partial charge in [-0.1, -0.05) is 41.9 Å². The van der Waals surface area contributed by atoms with E-state index in [1.807, 2.05) is 6.92 Å². The molecule has 4 rings (SSSR count). The topological polar surface area (TPSA) is 121 Å². The Hall–Kier alpha value is -3.86. The van der Waals surface area contributed by atoms with Gasteiger partial charge in [0, 0.05) is 22.0 Å². The van der Waals surface area contributed by atoms with Gasteiger partial charge < -0.3 is 5.32 Å². The van der Waals surface area contributed by atoms with E-state index in [0.717, 1.165) is 5.56 Å². The fraction of sp³-hybridized carbons (Fsp3) is 0.0741. The first kappa shape index (κ1) is 27.2. The SMILES string of the molecule is Cc1ccc(NS(=O)(=O)c2ccc(NC(=O)c3ccc(C)c(S(=O)(=O)Nc4ccccc4)c3)cc2)cc1Cl. The normalized spacial score (nSPS) is 11.6. The lowest BCUT2D eigenvalue weighted by atomic mass is 10.1. The van der Waals surface area contributed by atoms with Crippen molar-refractivity contribution in [2.24, 2.45) is 0 Å². The number of para-hydroxylation sites is 1. The fourth-order valence-corrected chi connectivity index (χ4v) is 6.10. The largest absolute Gasteiger partial charge is 0.322 e. The summed E-state index contributed by atoms with van der Waals surface area (Å²) in [6.45, 7) is 3.45. The zero-order valence-corrected chi connectivity index (χ0v) is 22.8. The number of aryl methyl sites for hydroxylation is 2. The van der Waals surface area contributed by atoms with Gasteiger partial charge in [0.05, 0.1) is 15.5 Å². The molecule has 38 heavy (non-hydrogen) atoms. The molecule has 0 radical (unpaired) electrons. The number of nitrogens with one attached hydrogen (secondary N) is 3. The molecule has 11 heteroatoms. The predicted molar refractivity (Wildman–Crippen MR) is 150 cm³/mol. The minimum atomic E-state index is -3.94. The molecular formula is C27H24ClN3O5S2. The third-order valence-electron chi connectivity index (χ3n) is 5.61. The van der Waals surface area contributed by atoms with Gasteiger partial charge in [0.25, 0.3) is 26.0 Å². The summed E-state index contributed by atoms with van der Waals surface area (Å²) < 4.78 is 56.3. The summed E-state index contributed by atoms with van der Waals surface area (Å²) >= 11 is 6.08. The standard InChI is InChI=1S/C27H24ClN3O5S2/c1-18-9-11-23(17-25(18)28)31-37(33,34)24-14-12-21(13-15-24)29-27(32)20-10-8-19(2)26(16-20)38(35,36)30-22-6-4-3-5-7-22/h3-17,30-31H,1-2H3,(H,29,32). The fourth-order valence-electron chi connectivity index (χ4n) is 3.54. The molecule has 0 bridgehead atoms. The zero-order chi connectivity index (χ0) is 27.5. The summed E-state index contributed by atoms with van der Waals surface area (Å²) in [4.78, 5) is 12.8. The Kier molecular flexibility index (Phi) is 7.77. The van der Waals surface area contributed by atoms with Crippen LogP contribution in [-0.2, 0) is 20.0 Å². The summed E-state index contributed by atoms with van der Waals surface area (Å²) in [7, 11) is -7.83. The Labute approximate surface area is 226 Å². The summed E-state index contributed by atoms with van der Waals surface area (Å²) in [6, 6.07) is 23.2. The number of amides is 1. The maximum absolute atomic E-state index is 12.9. The monoisotopic (exact) mass is 569 g/mol. The van der Waals surface area contributed by atoms with Gasteiger partial charge in [-0.3, -0.25) is 14.2 Å². The van der Waals surface area contributed by atoms with E-state index in [9.17, 15) is 21.6 Å². The van der Waals surface area contributed by atoms with E-state index in [1.165, 1.54) is 42.5 Å². The lowest BCUT2D eigenvalue weighted by molar-refractivity contribution is 0.102. The van der Waals surface area contributed by atoms with Gasteiger partial charge in [-0.25, -0.2) is 16.8 Å². The first-order chi connectivity index (χ1) is 17.9. The number of anilines is 3. The molecule has 0 fully saturated rings. The summed E-state index contributed by atoms with van der Waals surface area (Å²) in [5, 5.41) is 3.10. The summed E-state index contributed by atoms with van der Waals surface area (Å²) in [5.74, 6) is -0.552. The highest BCUT2D eigenvalue weighted by Gasteiger charge is 2.20. The number of hydrogen-bond acceptors (Lipinski definition) is 5. The highest BCUT2D eigenvalue weighted by Crippen LogP contribution is 2.24. The second kappa shape index (κ2) is 10.9. The average molecular weight is 570 g/mol. The van der Waals surface area contributed by atoms with Crippen LogP contribution in [-0.4, -0.2) is 22.7 Å². The lowest BCUT2D eigenvalue weighted by Gasteiger charge is -2.13. The molecule has 0 aliphatic rings. The van der Waals surface area contributed by atoms with Crippen molar-refractivity contribution < 1.29 is 21.6 Å². The molecule has 0 aliphatic carbocycles. The predicted octanol–water partition coefficient (Wildman–Crippen LogP) is 5.81. The Morgan fingerprint density at radius 3 is 1.92 bits per heavy atom. The molecular weight excluding hydrogens is 546 g/mol. The van der Waals surface area contributed by atoms with Crippen molar-refractivity contribution in [3.8, 4) is 0 Å². The van der Waals surface area contributed by atoms with Gasteiger partial charge in [-0.05, 0) is 85.6 Å². The van der Waals surface area contributed by atoms with E-state index in [1.54, 1.807) is 55.5 Å². The van der Waals surface area contributed by atoms with Crippen LogP contribution in [0, 0.1) is 13.8 Å². The van der Waals surface area contributed by atoms with Gasteiger partial charge in [-0.15, -0.1) is 0 Å². The molecule has 4 aromatic carbocycles. The Morgan fingerprint density at radius 2 is 1.26 bits per heavy atom. The number of carbonyl (C=O) groups is 1. The molecule has 8 nitrogen and oxygen atoms in total. The lowest BCUT2D eigenvalue weighted by Crippen LogP contribution is -2.17. The highest BCUT2D eigenvalue weighted by molar-refractivity contribution is 7.93. The number of rotatable bonds is 8. The number of halogens is 1. The van der Waals surface area contributed by atoms with E-state index in [2.05, 4.69) is 14.8 Å². The first-order valence-electron chi connectivity index (χ1n) is 11.3. The highest BCUT2D eigenvalue weighted by atomic mass is 35.5. The van der Waals surface area contributed by atoms with E-state index in [0.29, 0.717) is 27.6 Å². The van der Waals surface area contributed by atoms with E-state index in [-0.39, 0.29) is 15.4 Å². The van der Waals surface area contributed by atoms with Crippen LogP contribution in [0.2, 0.25) is 5.02 Å². The van der Waals surface area contributed by atoms with E-state index >= 15 is 0 Å². The minimum Gasteiger partial charge on any atom is -0.322 e. The zero-order valence-electron chi connectivity index (χ0n) is 20.4. The van der Waals surface area contributed by atoms with Crippen LogP contribution in [0.15, 0.2) is 101 Å². The summed E-state index contributed by atoms with van der Waals surface area (Å²) in [5.41, 5.74) is 2.47. The van der Waals surface area contributed by atoms with Crippen LogP contribution in [0.3, 0.4) is 0 Å². The van der Waals surface area contributed by atoms with Gasteiger partial charge >= 0.3 is 0 Å². The van der Waals surface area contributed by atoms with Crippen molar-refractivity contribution in [1.82, 2.24) is 0 Å². The van der Waals surface area contributed by atoms with Crippen molar-refractivity contribution in [3.05, 3.63) is 113 Å². The van der Waals surface area contributed by atoms with Crippen LogP contribution < -0.4 is 14.8 Å². The minimum absolute atomic E-state index is 0.0112. The quantitative estimate of drug-likeness (QED) is 0.247. The van der Waals surface area contributed by atoms with Gasteiger partial charge in [-0.2, -0.15) is 0 Å². The van der Waals surface area contributed by atoms with Crippen LogP contribution in [0.5, 0.6) is 0 Å². The molecule has 3 N–H and O–H groups in total. The molecule has 0 saturated heterocycles. The van der Waals surface area contributed by atoms with Crippen LogP contribution >= 0.6 is 11.6 Å². The maximum atomic E-state index is 12.9. The average Bonchev–Trinajstić information content (AvgIpc) is 2.87. The second-order valence-corrected chi connectivity index (χ2v) is 12.2. The summed E-state index contributed by atoms with van der Waals surface area (Å²) in [6.07, 6.45) is 0. The van der Waals surface area contributed by atoms with Crippen molar-refractivity contribution in [3.63, 3.8) is 0 Å². The van der Waals surface area contributed by atoms with Crippen molar-refractivity contribution in [2.45, 2.75) is 23.6 Å². The van der Waals surface area contributed by atoms with Gasteiger partial charge in [0.2, 0.25) is 0 Å². The van der Waals surface area contributed by atoms with Crippen molar-refractivity contribution >= 4 is 54.6 Å². The van der Waals surface area contributed by atoms with E-state index in [4.69, 9.17) is 11.6 Å². The third kappa shape index (κ3) is 6.34. The molecule has 0 unspecified atom stereocenters. The molecule has 0 spiro atoms. The molecule has 0 heterocycles. The van der Waals surface area contributed by atoms with E-state index < -0.39 is 26.0 Å². The first-order valence-corrected chi connectivity index (χ1v) is 14.7. The molecule has 4 aromatic rings. The van der Waals surface area contributed by atoms with Crippen LogP contribution in [0.25, 0.3) is 0 Å². The molecule has 196 valence electrons. The van der Waals surface area contributed by atoms with Crippen LogP contribution in [0.4, 0.5) is 17.1 Å². The van der Waals surface area contributed by atoms with Crippen molar-refractivity contribution in [2.75, 3.05) is 14.8 Å². The number of sulfonamides is 2. The molecule has 1 amide bonds. The molecule has 0 aromatic heterocycles. The Bertz CT molecular complexity index is 1710. The van der Waals surface area contributed by atoms with Gasteiger partial charge in [0.15, 0.2) is 0 Å². The maximum Gasteiger partial charge on any atom is 0.262 e. The third-order valence-corrected chi connectivity index (χ3v) is 8.94. The Balaban J connectivity index is 1.49. The number of hydrogen-bond donors (Lipinski definition) is 3. The van der Waals surface area contributed by atoms with Crippen LogP contribution in [0.1, 0.15) is 21.5 Å². The number of benzene rings is 4.